The summed E-state index contributed by atoms with van der Waals surface area (Å²) in [7, 11) is 0. The molecule has 2 unspecified atom stereocenters. The summed E-state index contributed by atoms with van der Waals surface area (Å²) in [5.41, 5.74) is 0. The molecule has 12 N–H and O–H groups in total. The molecule has 0 radical (unpaired) electrons. The predicted octanol–water partition coefficient (Wildman–Crippen LogP) is -11.3. The molecule has 0 aromatic rings. The van der Waals surface area contributed by atoms with Gasteiger partial charge in [0.1, 0.15) is 61.0 Å². The maximum atomic E-state index is 10.1. The van der Waals surface area contributed by atoms with Gasteiger partial charge in [0.2, 0.25) is 0 Å². The molecule has 0 heterocycles. The third kappa shape index (κ3) is 11.6. The number of hydrogen-bond acceptors (Lipinski definition) is 16. The molecular weight excluding hydrogens is 448 g/mol. The van der Waals surface area contributed by atoms with Crippen molar-refractivity contribution in [2.24, 2.45) is 0 Å². The van der Waals surface area contributed by atoms with Gasteiger partial charge in [0.15, 0.2) is 0 Å². The summed E-state index contributed by atoms with van der Waals surface area (Å²) in [5.74, 6) is -4.07. The molecule has 0 aliphatic rings. The summed E-state index contributed by atoms with van der Waals surface area (Å²) in [5, 5.41) is 126. The molecule has 0 aromatic carbocycles. The Morgan fingerprint density at radius 2 is 0.742 bits per heavy atom. The molecule has 31 heavy (non-hydrogen) atoms. The number of aliphatic hydroxyl groups is 12. The van der Waals surface area contributed by atoms with Crippen molar-refractivity contribution in [1.29, 1.82) is 0 Å². The fraction of sp³-hybridized carbons (Fsp3) is 0.857. The van der Waals surface area contributed by atoms with E-state index in [0.717, 1.165) is 0 Å². The summed E-state index contributed by atoms with van der Waals surface area (Å²) in [6, 6.07) is 0. The molecule has 0 saturated heterocycles. The molecule has 17 heteroatoms. The Morgan fingerprint density at radius 1 is 0.516 bits per heavy atom. The minimum absolute atomic E-state index is 0. The molecule has 0 saturated carbocycles. The van der Waals surface area contributed by atoms with E-state index in [1.54, 1.807) is 0 Å². The van der Waals surface area contributed by atoms with Crippen LogP contribution in [0.5, 0.6) is 0 Å². The van der Waals surface area contributed by atoms with Gasteiger partial charge in [-0.15, -0.1) is 0 Å². The van der Waals surface area contributed by atoms with Crippen LogP contribution >= 0.6 is 0 Å². The molecule has 0 amide bonds. The third-order valence-corrected chi connectivity index (χ3v) is 3.69. The first-order valence-electron chi connectivity index (χ1n) is 8.09. The normalized spacial score (nSPS) is 20.8. The predicted molar refractivity (Wildman–Crippen MR) is 90.0 cm³/mol. The third-order valence-electron chi connectivity index (χ3n) is 3.69. The van der Waals surface area contributed by atoms with E-state index in [4.69, 9.17) is 61.3 Å². The van der Waals surface area contributed by atoms with Crippen LogP contribution < -0.4 is 10.2 Å². The van der Waals surface area contributed by atoms with Crippen LogP contribution in [-0.4, -0.2) is 171 Å². The minimum Gasteiger partial charge on any atom is -0.547 e. The van der Waals surface area contributed by atoms with Crippen LogP contribution in [0.25, 0.3) is 0 Å². The topological polar surface area (TPSA) is 323 Å². The van der Waals surface area contributed by atoms with Gasteiger partial charge in [-0.05, 0) is 0 Å². The van der Waals surface area contributed by atoms with Crippen molar-refractivity contribution in [3.63, 3.8) is 0 Å². The summed E-state index contributed by atoms with van der Waals surface area (Å²) in [4.78, 5) is 20.2. The van der Waals surface area contributed by atoms with E-state index in [9.17, 15) is 19.8 Å². The zero-order valence-corrected chi connectivity index (χ0v) is 17.3. The van der Waals surface area contributed by atoms with Crippen molar-refractivity contribution >= 4 is 35.0 Å². The van der Waals surface area contributed by atoms with E-state index in [0.29, 0.717) is 0 Å². The van der Waals surface area contributed by atoms with Crippen LogP contribution in [0.2, 0.25) is 0 Å². The Labute approximate surface area is 190 Å². The number of aliphatic hydroxyl groups excluding tert-OH is 12. The number of carbonyl (C=O) groups excluding carboxylic acids is 2. The fourth-order valence-corrected chi connectivity index (χ4v) is 1.73. The SMILES string of the molecule is O=C([O-])[C@H](O)[C@@H](O)[C@H](O)[C@H](O)C(O)CO.O=C([O-])[C@H](O)[C@@H](O)[C@H](O)[C@H](O)C(O)CO.[Mg+2]. The molecule has 0 aliphatic carbocycles. The number of aliphatic carboxylic acids is 2. The van der Waals surface area contributed by atoms with Gasteiger partial charge in [0.25, 0.3) is 0 Å². The summed E-state index contributed by atoms with van der Waals surface area (Å²) in [6.45, 7) is -1.79. The molecule has 0 spiro atoms. The van der Waals surface area contributed by atoms with Crippen LogP contribution in [0.1, 0.15) is 0 Å². The Balaban J connectivity index is -0.000000490. The standard InChI is InChI=1S/2C7H14O8.Mg/c2*8-1-2(9)3(10)4(11)5(12)6(13)7(14)15;/h2*2-6,8-13H,1H2,(H,14,15);/q;;+2/p-2/t2*2?,3-,4-,5+,6-;/m11./s1. The van der Waals surface area contributed by atoms with Gasteiger partial charge in [-0.3, -0.25) is 0 Å². The number of hydrogen-bond donors (Lipinski definition) is 12. The van der Waals surface area contributed by atoms with E-state index in [1.807, 2.05) is 0 Å². The zero-order valence-electron chi connectivity index (χ0n) is 15.9. The molecule has 180 valence electrons. The van der Waals surface area contributed by atoms with Crippen LogP contribution in [-0.2, 0) is 9.59 Å². The number of carboxylic acids is 2. The van der Waals surface area contributed by atoms with Crippen molar-refractivity contribution in [3.05, 3.63) is 0 Å². The zero-order chi connectivity index (χ0) is 24.3. The smallest absolute Gasteiger partial charge is 0.547 e. The van der Waals surface area contributed by atoms with Crippen molar-refractivity contribution in [1.82, 2.24) is 0 Å². The van der Waals surface area contributed by atoms with Crippen LogP contribution in [0, 0.1) is 0 Å². The summed E-state index contributed by atoms with van der Waals surface area (Å²) in [6.07, 6.45) is -21.0. The van der Waals surface area contributed by atoms with Crippen LogP contribution in [0.15, 0.2) is 0 Å². The van der Waals surface area contributed by atoms with E-state index in [2.05, 4.69) is 0 Å². The van der Waals surface area contributed by atoms with Crippen molar-refractivity contribution in [3.8, 4) is 0 Å². The van der Waals surface area contributed by atoms with Gasteiger partial charge >= 0.3 is 23.1 Å². The second-order valence-corrected chi connectivity index (χ2v) is 5.97. The average Bonchev–Trinajstić information content (AvgIpc) is 2.73. The quantitative estimate of drug-likeness (QED) is 0.117. The Kier molecular flexibility index (Phi) is 18.9. The molecule has 16 nitrogen and oxygen atoms in total. The maximum absolute atomic E-state index is 10.1. The van der Waals surface area contributed by atoms with Gasteiger partial charge in [-0.25, -0.2) is 0 Å². The first-order valence-corrected chi connectivity index (χ1v) is 8.09. The first-order chi connectivity index (χ1) is 13.6. The molecule has 0 rings (SSSR count). The van der Waals surface area contributed by atoms with Gasteiger partial charge in [0, 0.05) is 0 Å². The second kappa shape index (κ2) is 16.8. The van der Waals surface area contributed by atoms with Gasteiger partial charge in [0.05, 0.1) is 25.2 Å². The minimum atomic E-state index is -2.40. The Hall–Kier alpha value is -0.774. The molecule has 0 bridgehead atoms. The number of carboxylic acid groups (broad SMARTS) is 2. The summed E-state index contributed by atoms with van der Waals surface area (Å²) >= 11 is 0. The Morgan fingerprint density at radius 3 is 0.903 bits per heavy atom. The molecular formula is C14H26MgO16. The monoisotopic (exact) mass is 474 g/mol. The van der Waals surface area contributed by atoms with Crippen LogP contribution in [0.4, 0.5) is 0 Å². The largest absolute Gasteiger partial charge is 2.00 e. The van der Waals surface area contributed by atoms with Crippen molar-refractivity contribution < 1.29 is 81.1 Å². The molecule has 10 atom stereocenters. The molecule has 0 aromatic heterocycles. The molecule has 0 fully saturated rings. The van der Waals surface area contributed by atoms with Crippen molar-refractivity contribution in [2.45, 2.75) is 61.0 Å². The second-order valence-electron chi connectivity index (χ2n) is 5.97. The number of rotatable bonds is 12. The van der Waals surface area contributed by atoms with Crippen molar-refractivity contribution in [2.75, 3.05) is 13.2 Å². The molecule has 0 aliphatic heterocycles. The van der Waals surface area contributed by atoms with Crippen LogP contribution in [0.3, 0.4) is 0 Å². The van der Waals surface area contributed by atoms with E-state index in [-0.39, 0.29) is 23.1 Å². The van der Waals surface area contributed by atoms with E-state index < -0.39 is 86.2 Å². The van der Waals surface area contributed by atoms with Gasteiger partial charge in [-0.1, -0.05) is 0 Å². The average molecular weight is 475 g/mol. The fourth-order valence-electron chi connectivity index (χ4n) is 1.73. The van der Waals surface area contributed by atoms with E-state index >= 15 is 0 Å². The maximum Gasteiger partial charge on any atom is 2.00 e. The van der Waals surface area contributed by atoms with Gasteiger partial charge in [-0.2, -0.15) is 0 Å². The van der Waals surface area contributed by atoms with Gasteiger partial charge < -0.3 is 81.1 Å². The van der Waals surface area contributed by atoms with E-state index in [1.165, 1.54) is 0 Å². The number of carbonyl (C=O) groups is 2. The summed E-state index contributed by atoms with van der Waals surface area (Å²) < 4.78 is 0. The first kappa shape index (κ1) is 34.8. The Bertz CT molecular complexity index is 465.